The number of ether oxygens (including phenoxy) is 1. The Balaban J connectivity index is 2.00. The third kappa shape index (κ3) is 2.05. The highest BCUT2D eigenvalue weighted by Gasteiger charge is 2.15. The highest BCUT2D eigenvalue weighted by Crippen LogP contribution is 2.36. The average molecular weight is 270 g/mol. The van der Waals surface area contributed by atoms with Gasteiger partial charge in [-0.1, -0.05) is 0 Å². The fraction of sp³-hybridized carbons (Fsp3) is 0.214. The predicted molar refractivity (Wildman–Crippen MR) is 73.5 cm³/mol. The summed E-state index contributed by atoms with van der Waals surface area (Å²) in [5.41, 5.74) is 2.48. The molecule has 0 bridgehead atoms. The monoisotopic (exact) mass is 270 g/mol. The topological polar surface area (TPSA) is 73.1 Å². The van der Waals surface area contributed by atoms with Crippen molar-refractivity contribution in [3.63, 3.8) is 0 Å². The predicted octanol–water partition coefficient (Wildman–Crippen LogP) is 1.96. The first-order valence-electron chi connectivity index (χ1n) is 6.20. The SMILES string of the molecule is Cc1nn(C)c2ccc(O)c(OCc3ccncn3)c12. The Bertz CT molecular complexity index is 753. The molecule has 0 aliphatic heterocycles. The first-order valence-corrected chi connectivity index (χ1v) is 6.20. The van der Waals surface area contributed by atoms with E-state index in [-0.39, 0.29) is 12.4 Å². The van der Waals surface area contributed by atoms with Gasteiger partial charge in [-0.05, 0) is 25.1 Å². The van der Waals surface area contributed by atoms with E-state index in [9.17, 15) is 5.11 Å². The van der Waals surface area contributed by atoms with Crippen molar-refractivity contribution in [2.24, 2.45) is 7.05 Å². The van der Waals surface area contributed by atoms with Crippen molar-refractivity contribution in [3.05, 3.63) is 42.1 Å². The van der Waals surface area contributed by atoms with Gasteiger partial charge in [0.2, 0.25) is 0 Å². The summed E-state index contributed by atoms with van der Waals surface area (Å²) in [5.74, 6) is 0.536. The van der Waals surface area contributed by atoms with Crippen molar-refractivity contribution < 1.29 is 9.84 Å². The van der Waals surface area contributed by atoms with Gasteiger partial charge in [0.1, 0.15) is 12.9 Å². The number of aromatic nitrogens is 4. The first-order chi connectivity index (χ1) is 9.66. The molecule has 0 aliphatic rings. The zero-order valence-corrected chi connectivity index (χ0v) is 11.2. The second kappa shape index (κ2) is 4.80. The zero-order chi connectivity index (χ0) is 14.1. The molecule has 0 saturated heterocycles. The molecule has 2 aromatic heterocycles. The van der Waals surface area contributed by atoms with Crippen LogP contribution in [-0.2, 0) is 13.7 Å². The third-order valence-electron chi connectivity index (χ3n) is 3.13. The summed E-state index contributed by atoms with van der Waals surface area (Å²) in [4.78, 5) is 7.95. The Labute approximate surface area is 115 Å². The van der Waals surface area contributed by atoms with E-state index in [0.717, 1.165) is 22.3 Å². The van der Waals surface area contributed by atoms with Crippen LogP contribution in [0, 0.1) is 6.92 Å². The number of phenolic OH excluding ortho intramolecular Hbond substituents is 1. The highest BCUT2D eigenvalue weighted by molar-refractivity contribution is 5.90. The maximum atomic E-state index is 10.0. The van der Waals surface area contributed by atoms with Gasteiger partial charge in [-0.15, -0.1) is 0 Å². The van der Waals surface area contributed by atoms with Crippen LogP contribution in [0.1, 0.15) is 11.4 Å². The third-order valence-corrected chi connectivity index (χ3v) is 3.13. The van der Waals surface area contributed by atoms with Crippen LogP contribution in [0.4, 0.5) is 0 Å². The van der Waals surface area contributed by atoms with Crippen molar-refractivity contribution in [1.82, 2.24) is 19.7 Å². The number of aryl methyl sites for hydroxylation is 2. The van der Waals surface area contributed by atoms with Gasteiger partial charge in [0.05, 0.1) is 22.3 Å². The number of hydrogen-bond acceptors (Lipinski definition) is 5. The molecule has 102 valence electrons. The number of hydrogen-bond donors (Lipinski definition) is 1. The Morgan fingerprint density at radius 3 is 2.90 bits per heavy atom. The molecule has 0 radical (unpaired) electrons. The molecule has 0 unspecified atom stereocenters. The lowest BCUT2D eigenvalue weighted by Gasteiger charge is -2.09. The Morgan fingerprint density at radius 1 is 1.30 bits per heavy atom. The van der Waals surface area contributed by atoms with Crippen LogP contribution in [0.25, 0.3) is 10.9 Å². The fourth-order valence-corrected chi connectivity index (χ4v) is 2.21. The van der Waals surface area contributed by atoms with Gasteiger partial charge in [-0.3, -0.25) is 4.68 Å². The van der Waals surface area contributed by atoms with Gasteiger partial charge in [0.15, 0.2) is 11.5 Å². The molecule has 6 heteroatoms. The van der Waals surface area contributed by atoms with E-state index in [1.54, 1.807) is 23.0 Å². The molecular weight excluding hydrogens is 256 g/mol. The van der Waals surface area contributed by atoms with E-state index in [2.05, 4.69) is 15.1 Å². The number of fused-ring (bicyclic) bond motifs is 1. The molecule has 1 aromatic carbocycles. The minimum Gasteiger partial charge on any atom is -0.504 e. The maximum Gasteiger partial charge on any atom is 0.172 e. The van der Waals surface area contributed by atoms with Crippen LogP contribution in [0.3, 0.4) is 0 Å². The Kier molecular flexibility index (Phi) is 2.98. The number of nitrogens with zero attached hydrogens (tertiary/aromatic N) is 4. The van der Waals surface area contributed by atoms with E-state index in [4.69, 9.17) is 4.74 Å². The summed E-state index contributed by atoms with van der Waals surface area (Å²) in [6, 6.07) is 5.20. The smallest absolute Gasteiger partial charge is 0.172 e. The number of aromatic hydroxyl groups is 1. The van der Waals surface area contributed by atoms with Gasteiger partial charge >= 0.3 is 0 Å². The van der Waals surface area contributed by atoms with E-state index in [0.29, 0.717) is 5.75 Å². The van der Waals surface area contributed by atoms with Crippen LogP contribution in [0.5, 0.6) is 11.5 Å². The van der Waals surface area contributed by atoms with Crippen molar-refractivity contribution in [1.29, 1.82) is 0 Å². The summed E-state index contributed by atoms with van der Waals surface area (Å²) in [6.45, 7) is 2.16. The largest absolute Gasteiger partial charge is 0.504 e. The van der Waals surface area contributed by atoms with Gasteiger partial charge in [-0.2, -0.15) is 5.10 Å². The quantitative estimate of drug-likeness (QED) is 0.787. The summed E-state index contributed by atoms with van der Waals surface area (Å²) < 4.78 is 7.50. The lowest BCUT2D eigenvalue weighted by atomic mass is 10.2. The van der Waals surface area contributed by atoms with E-state index >= 15 is 0 Å². The molecule has 3 aromatic rings. The average Bonchev–Trinajstić information content (AvgIpc) is 2.74. The second-order valence-corrected chi connectivity index (χ2v) is 4.51. The second-order valence-electron chi connectivity index (χ2n) is 4.51. The number of benzene rings is 1. The van der Waals surface area contributed by atoms with Crippen molar-refractivity contribution in [2.75, 3.05) is 0 Å². The zero-order valence-electron chi connectivity index (χ0n) is 11.2. The van der Waals surface area contributed by atoms with Gasteiger partial charge in [-0.25, -0.2) is 9.97 Å². The first kappa shape index (κ1) is 12.4. The van der Waals surface area contributed by atoms with Gasteiger partial charge < -0.3 is 9.84 Å². The van der Waals surface area contributed by atoms with E-state index in [1.807, 2.05) is 20.0 Å². The molecule has 20 heavy (non-hydrogen) atoms. The summed E-state index contributed by atoms with van der Waals surface area (Å²) >= 11 is 0. The molecule has 0 saturated carbocycles. The molecule has 0 amide bonds. The number of rotatable bonds is 3. The van der Waals surface area contributed by atoms with Crippen LogP contribution in [0.15, 0.2) is 30.7 Å². The molecule has 0 atom stereocenters. The van der Waals surface area contributed by atoms with Crippen LogP contribution in [0.2, 0.25) is 0 Å². The minimum absolute atomic E-state index is 0.0997. The van der Waals surface area contributed by atoms with Gasteiger partial charge in [0, 0.05) is 13.2 Å². The fourth-order valence-electron chi connectivity index (χ4n) is 2.21. The molecule has 0 fully saturated rings. The normalized spacial score (nSPS) is 10.9. The van der Waals surface area contributed by atoms with Crippen LogP contribution < -0.4 is 4.74 Å². The molecule has 1 N–H and O–H groups in total. The maximum absolute atomic E-state index is 10.0. The molecular formula is C14H14N4O2. The van der Waals surface area contributed by atoms with Crippen molar-refractivity contribution in [3.8, 4) is 11.5 Å². The number of phenols is 1. The van der Waals surface area contributed by atoms with Crippen molar-refractivity contribution in [2.45, 2.75) is 13.5 Å². The minimum atomic E-state index is 0.0997. The molecule has 2 heterocycles. The molecule has 0 spiro atoms. The Morgan fingerprint density at radius 2 is 2.15 bits per heavy atom. The van der Waals surface area contributed by atoms with E-state index < -0.39 is 0 Å². The molecule has 6 nitrogen and oxygen atoms in total. The highest BCUT2D eigenvalue weighted by atomic mass is 16.5. The molecule has 0 aliphatic carbocycles. The summed E-state index contributed by atoms with van der Waals surface area (Å²) in [5, 5.41) is 15.2. The van der Waals surface area contributed by atoms with Crippen molar-refractivity contribution >= 4 is 10.9 Å². The lowest BCUT2D eigenvalue weighted by molar-refractivity contribution is 0.288. The van der Waals surface area contributed by atoms with Crippen LogP contribution >= 0.6 is 0 Å². The van der Waals surface area contributed by atoms with E-state index in [1.165, 1.54) is 6.33 Å². The lowest BCUT2D eigenvalue weighted by Crippen LogP contribution is -1.99. The Hall–Kier alpha value is -2.63. The summed E-state index contributed by atoms with van der Waals surface area (Å²) in [6.07, 6.45) is 3.12. The molecule has 3 rings (SSSR count). The standard InChI is InChI=1S/C14H14N4O2/c1-9-13-11(18(2)17-9)3-4-12(19)14(13)20-7-10-5-6-15-8-16-10/h3-6,8,19H,7H2,1-2H3. The van der Waals surface area contributed by atoms with Gasteiger partial charge in [0.25, 0.3) is 0 Å². The van der Waals surface area contributed by atoms with Crippen LogP contribution in [-0.4, -0.2) is 24.9 Å². The summed E-state index contributed by atoms with van der Waals surface area (Å²) in [7, 11) is 1.86.